The Balaban J connectivity index is 2.03. The second kappa shape index (κ2) is 5.99. The minimum atomic E-state index is -1.18. The van der Waals surface area contributed by atoms with E-state index in [0.717, 1.165) is 5.56 Å². The molecule has 1 aliphatic heterocycles. The molecule has 1 aromatic carbocycles. The van der Waals surface area contributed by atoms with E-state index in [1.165, 1.54) is 4.90 Å². The normalized spacial score (nSPS) is 25.5. The lowest BCUT2D eigenvalue weighted by Gasteiger charge is -2.30. The van der Waals surface area contributed by atoms with Crippen LogP contribution in [0.3, 0.4) is 0 Å². The molecule has 1 aliphatic rings. The summed E-state index contributed by atoms with van der Waals surface area (Å²) in [6, 6.07) is 9.32. The van der Waals surface area contributed by atoms with Crippen molar-refractivity contribution in [2.45, 2.75) is 29.4 Å². The summed E-state index contributed by atoms with van der Waals surface area (Å²) in [7, 11) is 0. The fraction of sp³-hybridized carbons (Fsp3) is 0.429. The first-order valence-corrected chi connectivity index (χ1v) is 7.54. The van der Waals surface area contributed by atoms with Gasteiger partial charge in [0.1, 0.15) is 12.1 Å². The molecule has 5 nitrogen and oxygen atoms in total. The van der Waals surface area contributed by atoms with Gasteiger partial charge in [-0.3, -0.25) is 4.90 Å². The maximum atomic E-state index is 12.1. The summed E-state index contributed by atoms with van der Waals surface area (Å²) in [6.45, 7) is 2.12. The van der Waals surface area contributed by atoms with Gasteiger partial charge in [0, 0.05) is 10.5 Å². The molecule has 0 spiro atoms. The zero-order chi connectivity index (χ0) is 14.8. The van der Waals surface area contributed by atoms with Crippen molar-refractivity contribution in [1.82, 2.24) is 4.90 Å². The summed E-state index contributed by atoms with van der Waals surface area (Å²) < 4.78 is 5.35. The summed E-state index contributed by atoms with van der Waals surface area (Å²) >= 11 is 2.17. The molecule has 1 amide bonds. The van der Waals surface area contributed by atoms with Crippen molar-refractivity contribution >= 4 is 34.7 Å². The fourth-order valence-electron chi connectivity index (χ4n) is 2.28. The van der Waals surface area contributed by atoms with E-state index in [-0.39, 0.29) is 10.5 Å². The topological polar surface area (TPSA) is 66.8 Å². The number of alkyl halides is 1. The van der Waals surface area contributed by atoms with Crippen molar-refractivity contribution in [3.8, 4) is 0 Å². The van der Waals surface area contributed by atoms with Gasteiger partial charge in [0.05, 0.1) is 0 Å². The van der Waals surface area contributed by atoms with Crippen LogP contribution in [0.15, 0.2) is 30.3 Å². The molecular formula is C14H16INO4. The summed E-state index contributed by atoms with van der Waals surface area (Å²) in [5, 5.41) is 9.34. The predicted octanol–water partition coefficient (Wildman–Crippen LogP) is 2.68. The Bertz CT molecular complexity index is 507. The fourth-order valence-corrected chi connectivity index (χ4v) is 3.53. The molecule has 0 radical (unpaired) electrons. The van der Waals surface area contributed by atoms with Gasteiger partial charge in [0.2, 0.25) is 0 Å². The van der Waals surface area contributed by atoms with E-state index in [2.05, 4.69) is 22.6 Å². The van der Waals surface area contributed by atoms with Gasteiger partial charge in [-0.2, -0.15) is 0 Å². The van der Waals surface area contributed by atoms with Crippen molar-refractivity contribution in [3.63, 3.8) is 0 Å². The molecule has 0 unspecified atom stereocenters. The molecular weight excluding hydrogens is 373 g/mol. The molecule has 0 aromatic heterocycles. The number of nitrogens with zero attached hydrogens (tertiary/aromatic N) is 1. The highest BCUT2D eigenvalue weighted by Gasteiger charge is 2.50. The Morgan fingerprint density at radius 2 is 2.10 bits per heavy atom. The smallest absolute Gasteiger partial charge is 0.411 e. The largest absolute Gasteiger partial charge is 0.480 e. The van der Waals surface area contributed by atoms with Crippen molar-refractivity contribution in [1.29, 1.82) is 0 Å². The Labute approximate surface area is 131 Å². The van der Waals surface area contributed by atoms with Crippen LogP contribution in [0.25, 0.3) is 0 Å². The first-order valence-electron chi connectivity index (χ1n) is 6.29. The molecule has 1 aromatic rings. The number of benzene rings is 1. The van der Waals surface area contributed by atoms with Crippen molar-refractivity contribution in [2.24, 2.45) is 0 Å². The number of ether oxygens (including phenoxy) is 1. The SMILES string of the molecule is C[C@]1(C(=O)O)C[C@H](I)CN1C(=O)OCc1ccccc1. The van der Waals surface area contributed by atoms with Gasteiger partial charge in [-0.05, 0) is 18.9 Å². The van der Waals surface area contributed by atoms with Crippen LogP contribution in [0.2, 0.25) is 0 Å². The van der Waals surface area contributed by atoms with Crippen LogP contribution in [0.4, 0.5) is 4.79 Å². The molecule has 20 heavy (non-hydrogen) atoms. The molecule has 0 aliphatic carbocycles. The van der Waals surface area contributed by atoms with E-state index in [4.69, 9.17) is 4.74 Å². The van der Waals surface area contributed by atoms with Gasteiger partial charge in [0.15, 0.2) is 0 Å². The summed E-state index contributed by atoms with van der Waals surface area (Å²) in [4.78, 5) is 24.8. The van der Waals surface area contributed by atoms with Crippen LogP contribution < -0.4 is 0 Å². The van der Waals surface area contributed by atoms with Crippen LogP contribution in [0.5, 0.6) is 0 Å². The van der Waals surface area contributed by atoms with Crippen LogP contribution >= 0.6 is 22.6 Å². The zero-order valence-electron chi connectivity index (χ0n) is 11.1. The molecule has 2 atom stereocenters. The predicted molar refractivity (Wildman–Crippen MR) is 81.8 cm³/mol. The molecule has 0 bridgehead atoms. The molecule has 1 saturated heterocycles. The quantitative estimate of drug-likeness (QED) is 0.638. The molecule has 6 heteroatoms. The number of hydrogen-bond acceptors (Lipinski definition) is 3. The first kappa shape index (κ1) is 15.1. The first-order chi connectivity index (χ1) is 9.43. The highest BCUT2D eigenvalue weighted by Crippen LogP contribution is 2.34. The van der Waals surface area contributed by atoms with Gasteiger partial charge >= 0.3 is 12.1 Å². The number of likely N-dealkylation sites (tertiary alicyclic amines) is 1. The number of hydrogen-bond donors (Lipinski definition) is 1. The molecule has 0 saturated carbocycles. The van der Waals surface area contributed by atoms with E-state index in [1.54, 1.807) is 6.92 Å². The standard InChI is InChI=1S/C14H16INO4/c1-14(12(17)18)7-11(15)8-16(14)13(19)20-9-10-5-3-2-4-6-10/h2-6,11H,7-9H2,1H3,(H,17,18)/t11-,14+/m0/s1. The maximum Gasteiger partial charge on any atom is 0.411 e. The van der Waals surface area contributed by atoms with E-state index >= 15 is 0 Å². The number of carboxylic acids is 1. The lowest BCUT2D eigenvalue weighted by Crippen LogP contribution is -2.50. The minimum absolute atomic E-state index is 0.123. The van der Waals surface area contributed by atoms with Crippen molar-refractivity contribution in [2.75, 3.05) is 6.54 Å². The summed E-state index contributed by atoms with van der Waals surface area (Å²) in [5.74, 6) is -0.992. The lowest BCUT2D eigenvalue weighted by atomic mass is 10.00. The van der Waals surface area contributed by atoms with Gasteiger partial charge < -0.3 is 9.84 Å². The summed E-state index contributed by atoms with van der Waals surface area (Å²) in [5.41, 5.74) is -0.303. The number of carbonyl (C=O) groups is 2. The summed E-state index contributed by atoms with van der Waals surface area (Å²) in [6.07, 6.45) is -0.138. The number of halogens is 1. The highest BCUT2D eigenvalue weighted by molar-refractivity contribution is 14.1. The Kier molecular flexibility index (Phi) is 4.52. The van der Waals surface area contributed by atoms with E-state index in [9.17, 15) is 14.7 Å². The van der Waals surface area contributed by atoms with Gasteiger partial charge in [-0.25, -0.2) is 9.59 Å². The monoisotopic (exact) mass is 389 g/mol. The van der Waals surface area contributed by atoms with Crippen LogP contribution in [-0.4, -0.2) is 38.1 Å². The van der Waals surface area contributed by atoms with Crippen molar-refractivity contribution < 1.29 is 19.4 Å². The number of carboxylic acid groups (broad SMARTS) is 1. The average molecular weight is 389 g/mol. The third-order valence-electron chi connectivity index (χ3n) is 3.48. The number of rotatable bonds is 3. The van der Waals surface area contributed by atoms with Crippen LogP contribution in [-0.2, 0) is 16.1 Å². The van der Waals surface area contributed by atoms with Gasteiger partial charge in [-0.1, -0.05) is 52.9 Å². The Morgan fingerprint density at radius 1 is 1.45 bits per heavy atom. The van der Waals surface area contributed by atoms with Gasteiger partial charge in [-0.15, -0.1) is 0 Å². The maximum absolute atomic E-state index is 12.1. The third-order valence-corrected chi connectivity index (χ3v) is 4.32. The number of amides is 1. The van der Waals surface area contributed by atoms with Crippen molar-refractivity contribution in [3.05, 3.63) is 35.9 Å². The molecule has 1 N–H and O–H groups in total. The highest BCUT2D eigenvalue weighted by atomic mass is 127. The van der Waals surface area contributed by atoms with Crippen LogP contribution in [0, 0.1) is 0 Å². The molecule has 108 valence electrons. The van der Waals surface area contributed by atoms with E-state index < -0.39 is 17.6 Å². The Hall–Kier alpha value is -1.31. The second-order valence-corrected chi connectivity index (χ2v) is 6.79. The molecule has 2 rings (SSSR count). The van der Waals surface area contributed by atoms with E-state index in [1.807, 2.05) is 30.3 Å². The number of carbonyl (C=O) groups excluding carboxylic acids is 1. The lowest BCUT2D eigenvalue weighted by molar-refractivity contribution is -0.147. The zero-order valence-corrected chi connectivity index (χ0v) is 13.2. The third kappa shape index (κ3) is 3.05. The van der Waals surface area contributed by atoms with Crippen LogP contribution in [0.1, 0.15) is 18.9 Å². The number of aliphatic carboxylic acids is 1. The molecule has 1 fully saturated rings. The molecule has 1 heterocycles. The van der Waals surface area contributed by atoms with E-state index in [0.29, 0.717) is 13.0 Å². The Morgan fingerprint density at radius 3 is 2.70 bits per heavy atom. The van der Waals surface area contributed by atoms with Gasteiger partial charge in [0.25, 0.3) is 0 Å². The minimum Gasteiger partial charge on any atom is -0.480 e. The average Bonchev–Trinajstić information content (AvgIpc) is 2.74. The second-order valence-electron chi connectivity index (χ2n) is 5.03.